The Labute approximate surface area is 263 Å². The number of methoxy groups -OCH3 is 1. The van der Waals surface area contributed by atoms with Crippen molar-refractivity contribution >= 4 is 66.7 Å². The first-order valence-electron chi connectivity index (χ1n) is 13.4. The minimum absolute atomic E-state index is 0.0747. The van der Waals surface area contributed by atoms with Crippen molar-refractivity contribution in [2.45, 2.75) is 17.5 Å². The summed E-state index contributed by atoms with van der Waals surface area (Å²) in [6.45, 7) is -1.89. The van der Waals surface area contributed by atoms with Gasteiger partial charge in [0.1, 0.15) is 25.4 Å². The van der Waals surface area contributed by atoms with Gasteiger partial charge >= 0.3 is 12.1 Å². The first-order valence-corrected chi connectivity index (χ1v) is 15.7. The monoisotopic (exact) mass is 670 g/mol. The quantitative estimate of drug-likeness (QED) is 0.139. The number of aromatic amines is 1. The van der Waals surface area contributed by atoms with Crippen molar-refractivity contribution in [3.63, 3.8) is 0 Å². The Morgan fingerprint density at radius 1 is 1.11 bits per heavy atom. The number of para-hydroxylation sites is 1. The van der Waals surface area contributed by atoms with Gasteiger partial charge in [-0.3, -0.25) is 24.7 Å². The molecule has 0 saturated carbocycles. The molecule has 3 heterocycles. The molecule has 2 amide bonds. The van der Waals surface area contributed by atoms with E-state index in [0.717, 1.165) is 22.6 Å². The summed E-state index contributed by atoms with van der Waals surface area (Å²) in [5, 5.41) is 11.7. The average Bonchev–Trinajstić information content (AvgIpc) is 3.65. The van der Waals surface area contributed by atoms with Crippen LogP contribution >= 0.6 is 11.3 Å². The number of hydrogen-bond acceptors (Lipinski definition) is 12. The number of rotatable bonds is 13. The SMILES string of the molecule is COc1ccc(COC(=O)Nc2nc3c(ncn3CC(=O)N(CCNS(=O)(=O)c3nc4ccccc4s3)CC(=O)O)c(=O)[nH]2)cc1. The number of aliphatic carboxylic acids is 1. The molecule has 0 aliphatic heterocycles. The summed E-state index contributed by atoms with van der Waals surface area (Å²) >= 11 is 0.973. The van der Waals surface area contributed by atoms with E-state index in [2.05, 4.69) is 30.0 Å². The van der Waals surface area contributed by atoms with Gasteiger partial charge in [-0.1, -0.05) is 24.3 Å². The highest BCUT2D eigenvalue weighted by Gasteiger charge is 2.23. The molecular formula is C27H26N8O9S2. The number of anilines is 1. The Hall–Kier alpha value is -5.40. The third kappa shape index (κ3) is 7.62. The number of ether oxygens (including phenoxy) is 2. The van der Waals surface area contributed by atoms with Gasteiger partial charge in [0.2, 0.25) is 16.2 Å². The fraction of sp³-hybridized carbons (Fsp3) is 0.222. The van der Waals surface area contributed by atoms with E-state index < -0.39 is 46.6 Å². The summed E-state index contributed by atoms with van der Waals surface area (Å²) in [6, 6.07) is 13.7. The van der Waals surface area contributed by atoms with Crippen LogP contribution in [0.5, 0.6) is 5.75 Å². The normalized spacial score (nSPS) is 11.4. The lowest BCUT2D eigenvalue weighted by Gasteiger charge is -2.21. The Kier molecular flexibility index (Phi) is 9.54. The predicted molar refractivity (Wildman–Crippen MR) is 164 cm³/mol. The van der Waals surface area contributed by atoms with Crippen LogP contribution in [0.1, 0.15) is 5.56 Å². The molecule has 19 heteroatoms. The van der Waals surface area contributed by atoms with E-state index in [-0.39, 0.29) is 41.1 Å². The molecule has 2 aromatic carbocycles. The number of aromatic nitrogens is 5. The standard InChI is InChI=1S/C27H26N8O9S2/c1-43-17-8-6-16(7-9-17)14-44-26(40)33-25-31-23-22(24(39)32-25)28-15-35(23)12-20(36)34(13-21(37)38)11-10-29-46(41,42)27-30-18-4-2-3-5-19(18)45-27/h2-9,15,29H,10-14H2,1H3,(H,37,38)(H2,31,32,33,39,40). The first-order chi connectivity index (χ1) is 22.0. The number of imidazole rings is 1. The number of nitrogens with zero attached hydrogens (tertiary/aromatic N) is 5. The summed E-state index contributed by atoms with van der Waals surface area (Å²) in [5.41, 5.74) is 0.264. The lowest BCUT2D eigenvalue weighted by Crippen LogP contribution is -2.42. The number of thiazole rings is 1. The zero-order valence-electron chi connectivity index (χ0n) is 24.0. The van der Waals surface area contributed by atoms with Crippen molar-refractivity contribution in [2.75, 3.05) is 32.1 Å². The molecule has 46 heavy (non-hydrogen) atoms. The molecule has 5 aromatic rings. The van der Waals surface area contributed by atoms with Crippen LogP contribution in [0.4, 0.5) is 10.7 Å². The number of hydrogen-bond donors (Lipinski definition) is 4. The summed E-state index contributed by atoms with van der Waals surface area (Å²) in [6.07, 6.45) is 0.243. The van der Waals surface area contributed by atoms with Crippen molar-refractivity contribution < 1.29 is 37.4 Å². The molecule has 17 nitrogen and oxygen atoms in total. The Morgan fingerprint density at radius 2 is 1.87 bits per heavy atom. The number of sulfonamides is 1. The van der Waals surface area contributed by atoms with Crippen LogP contribution in [-0.4, -0.2) is 87.6 Å². The van der Waals surface area contributed by atoms with Gasteiger partial charge < -0.3 is 24.0 Å². The van der Waals surface area contributed by atoms with E-state index in [1.165, 1.54) is 11.7 Å². The maximum Gasteiger partial charge on any atom is 0.414 e. The number of fused-ring (bicyclic) bond motifs is 2. The van der Waals surface area contributed by atoms with E-state index >= 15 is 0 Å². The summed E-state index contributed by atoms with van der Waals surface area (Å²) < 4.78 is 39.8. The lowest BCUT2D eigenvalue weighted by atomic mass is 10.2. The number of carboxylic acid groups (broad SMARTS) is 1. The van der Waals surface area contributed by atoms with Gasteiger partial charge in [-0.05, 0) is 29.8 Å². The highest BCUT2D eigenvalue weighted by Crippen LogP contribution is 2.24. The second-order valence-corrected chi connectivity index (χ2v) is 12.5. The molecule has 4 N–H and O–H groups in total. The van der Waals surface area contributed by atoms with Gasteiger partial charge in [-0.15, -0.1) is 11.3 Å². The molecule has 0 atom stereocenters. The Balaban J connectivity index is 1.23. The number of amides is 2. The number of carboxylic acids is 1. The van der Waals surface area contributed by atoms with Gasteiger partial charge in [-0.25, -0.2) is 27.9 Å². The lowest BCUT2D eigenvalue weighted by molar-refractivity contribution is -0.144. The fourth-order valence-electron chi connectivity index (χ4n) is 4.18. The first kappa shape index (κ1) is 32.0. The van der Waals surface area contributed by atoms with Gasteiger partial charge in [0.05, 0.1) is 23.7 Å². The molecule has 0 radical (unpaired) electrons. The second kappa shape index (κ2) is 13.7. The topological polar surface area (TPSA) is 228 Å². The zero-order chi connectivity index (χ0) is 32.8. The van der Waals surface area contributed by atoms with E-state index in [1.807, 2.05) is 0 Å². The van der Waals surface area contributed by atoms with Crippen molar-refractivity contribution in [3.05, 3.63) is 70.8 Å². The number of nitrogens with one attached hydrogen (secondary N) is 3. The van der Waals surface area contributed by atoms with Crippen LogP contribution < -0.4 is 20.3 Å². The minimum Gasteiger partial charge on any atom is -0.497 e. The maximum absolute atomic E-state index is 13.2. The summed E-state index contributed by atoms with van der Waals surface area (Å²) in [7, 11) is -2.51. The Bertz CT molecular complexity index is 2040. The van der Waals surface area contributed by atoms with Crippen LogP contribution in [0, 0.1) is 0 Å². The smallest absolute Gasteiger partial charge is 0.414 e. The molecule has 0 fully saturated rings. The molecule has 0 aliphatic rings. The summed E-state index contributed by atoms with van der Waals surface area (Å²) in [5.74, 6) is -1.70. The molecule has 0 bridgehead atoms. The highest BCUT2D eigenvalue weighted by molar-refractivity contribution is 7.91. The third-order valence-corrected chi connectivity index (χ3v) is 9.26. The van der Waals surface area contributed by atoms with E-state index in [4.69, 9.17) is 9.47 Å². The van der Waals surface area contributed by atoms with Crippen LogP contribution in [0.15, 0.2) is 64.0 Å². The fourth-order valence-corrected chi connectivity index (χ4v) is 6.46. The Morgan fingerprint density at radius 3 is 2.59 bits per heavy atom. The second-order valence-electron chi connectivity index (χ2n) is 9.56. The van der Waals surface area contributed by atoms with E-state index in [1.54, 1.807) is 48.5 Å². The number of benzene rings is 2. The van der Waals surface area contributed by atoms with Crippen LogP contribution in [0.3, 0.4) is 0 Å². The highest BCUT2D eigenvalue weighted by atomic mass is 32.2. The number of H-pyrrole nitrogens is 1. The van der Waals surface area contributed by atoms with Gasteiger partial charge in [0, 0.05) is 13.1 Å². The van der Waals surface area contributed by atoms with Crippen molar-refractivity contribution in [2.24, 2.45) is 0 Å². The molecule has 240 valence electrons. The predicted octanol–water partition coefficient (Wildman–Crippen LogP) is 1.38. The molecule has 0 aliphatic carbocycles. The molecule has 5 rings (SSSR count). The van der Waals surface area contributed by atoms with E-state index in [0.29, 0.717) is 21.5 Å². The van der Waals surface area contributed by atoms with Crippen molar-refractivity contribution in [3.8, 4) is 5.75 Å². The van der Waals surface area contributed by atoms with E-state index in [9.17, 15) is 32.7 Å². The van der Waals surface area contributed by atoms with Crippen molar-refractivity contribution in [1.29, 1.82) is 0 Å². The number of carbonyl (C=O) groups is 3. The van der Waals surface area contributed by atoms with Crippen LogP contribution in [0.25, 0.3) is 21.4 Å². The third-order valence-electron chi connectivity index (χ3n) is 6.39. The average molecular weight is 671 g/mol. The van der Waals surface area contributed by atoms with Crippen LogP contribution in [-0.2, 0) is 37.5 Å². The molecule has 0 saturated heterocycles. The van der Waals surface area contributed by atoms with Crippen molar-refractivity contribution in [1.82, 2.24) is 34.1 Å². The van der Waals surface area contributed by atoms with Gasteiger partial charge in [0.25, 0.3) is 15.6 Å². The van der Waals surface area contributed by atoms with Gasteiger partial charge in [0.15, 0.2) is 11.2 Å². The minimum atomic E-state index is -4.03. The molecule has 3 aromatic heterocycles. The number of carbonyl (C=O) groups excluding carboxylic acids is 2. The maximum atomic E-state index is 13.2. The summed E-state index contributed by atoms with van der Waals surface area (Å²) in [4.78, 5) is 65.1. The van der Waals surface area contributed by atoms with Crippen LogP contribution in [0.2, 0.25) is 0 Å². The largest absolute Gasteiger partial charge is 0.497 e. The molecule has 0 spiro atoms. The van der Waals surface area contributed by atoms with Gasteiger partial charge in [-0.2, -0.15) is 4.98 Å². The molecular weight excluding hydrogens is 644 g/mol. The zero-order valence-corrected chi connectivity index (χ0v) is 25.6. The molecule has 0 unspecified atom stereocenters.